The van der Waals surface area contributed by atoms with Crippen molar-refractivity contribution in [3.8, 4) is 86.1 Å². The molecule has 7 aromatic carbocycles. The Balaban J connectivity index is 0.788. The number of nitriles is 3. The second-order valence-corrected chi connectivity index (χ2v) is 22.7. The van der Waals surface area contributed by atoms with E-state index in [4.69, 9.17) is 48.9 Å². The van der Waals surface area contributed by atoms with Crippen molar-refractivity contribution in [2.24, 2.45) is 0 Å². The van der Waals surface area contributed by atoms with Crippen LogP contribution < -0.4 is 28.4 Å². The first-order chi connectivity index (χ1) is 43.9. The average molecular weight is 1200 g/mol. The van der Waals surface area contributed by atoms with Crippen molar-refractivity contribution in [3.63, 3.8) is 0 Å². The van der Waals surface area contributed by atoms with E-state index in [1.807, 2.05) is 116 Å². The standard InChI is InChI=1S/C78H91N3O8/c1-2-83-78(82)71-57-75(87-54-24-18-12-6-3-9-15-21-51-84-72-45-39-68(40-46-72)65-33-27-62(59-79)28-34-65)77(89-56-26-20-14-8-5-11-17-23-53-86-74-49-43-70(44-50-74)67-37-31-64(61-81)32-38-67)76(58-71)88-55-25-19-13-7-4-10-16-22-52-85-73-47-41-69(42-48-73)66-35-29-63(60-80)30-36-66/h27-50,57-58H,2-26,51-56H2,1H3. The zero-order chi connectivity index (χ0) is 62.2. The zero-order valence-electron chi connectivity index (χ0n) is 52.5. The van der Waals surface area contributed by atoms with Crippen molar-refractivity contribution < 1.29 is 38.0 Å². The normalized spacial score (nSPS) is 10.8. The van der Waals surface area contributed by atoms with Gasteiger partial charge in [-0.3, -0.25) is 0 Å². The number of hydrogen-bond donors (Lipinski definition) is 0. The van der Waals surface area contributed by atoms with E-state index < -0.39 is 5.97 Å². The minimum atomic E-state index is -0.407. The lowest BCUT2D eigenvalue weighted by Gasteiger charge is -2.19. The Labute approximate surface area is 530 Å². The fourth-order valence-corrected chi connectivity index (χ4v) is 10.6. The predicted molar refractivity (Wildman–Crippen MR) is 356 cm³/mol. The molecule has 0 unspecified atom stereocenters. The number of ether oxygens (including phenoxy) is 7. The molecule has 0 heterocycles. The Bertz CT molecular complexity index is 3090. The van der Waals surface area contributed by atoms with Crippen molar-refractivity contribution in [1.29, 1.82) is 15.8 Å². The van der Waals surface area contributed by atoms with Crippen LogP contribution in [0.1, 0.15) is 188 Å². The van der Waals surface area contributed by atoms with Crippen molar-refractivity contribution in [1.82, 2.24) is 0 Å². The minimum Gasteiger partial charge on any atom is -0.494 e. The lowest BCUT2D eigenvalue weighted by atomic mass is 10.0. The minimum absolute atomic E-state index is 0.270. The van der Waals surface area contributed by atoms with Crippen LogP contribution in [0.2, 0.25) is 0 Å². The molecule has 0 atom stereocenters. The van der Waals surface area contributed by atoms with Gasteiger partial charge in [-0.25, -0.2) is 4.79 Å². The van der Waals surface area contributed by atoms with E-state index >= 15 is 0 Å². The van der Waals surface area contributed by atoms with Gasteiger partial charge in [-0.2, -0.15) is 15.8 Å². The lowest BCUT2D eigenvalue weighted by molar-refractivity contribution is 0.0525. The average Bonchev–Trinajstić information content (AvgIpc) is 3.32. The first-order valence-electron chi connectivity index (χ1n) is 32.9. The fourth-order valence-electron chi connectivity index (χ4n) is 10.6. The molecular formula is C78H91N3O8. The highest BCUT2D eigenvalue weighted by molar-refractivity contribution is 5.91. The van der Waals surface area contributed by atoms with Gasteiger partial charge in [0, 0.05) is 0 Å². The highest BCUT2D eigenvalue weighted by Gasteiger charge is 2.20. The smallest absolute Gasteiger partial charge is 0.338 e. The molecule has 0 aliphatic rings. The highest BCUT2D eigenvalue weighted by atomic mass is 16.5. The van der Waals surface area contributed by atoms with Crippen LogP contribution in [0.15, 0.2) is 158 Å². The number of hydrogen-bond acceptors (Lipinski definition) is 11. The van der Waals surface area contributed by atoms with Gasteiger partial charge in [0.1, 0.15) is 17.2 Å². The molecule has 0 aliphatic carbocycles. The summed E-state index contributed by atoms with van der Waals surface area (Å²) in [5, 5.41) is 27.3. The topological polar surface area (TPSA) is 153 Å². The maximum Gasteiger partial charge on any atom is 0.338 e. The molecule has 11 nitrogen and oxygen atoms in total. The maximum absolute atomic E-state index is 13.2. The molecule has 0 aliphatic heterocycles. The quantitative estimate of drug-likeness (QED) is 0.0265. The highest BCUT2D eigenvalue weighted by Crippen LogP contribution is 2.40. The summed E-state index contributed by atoms with van der Waals surface area (Å²) in [4.78, 5) is 13.2. The van der Waals surface area contributed by atoms with Crippen LogP contribution in [0.5, 0.6) is 34.5 Å². The monoisotopic (exact) mass is 1200 g/mol. The fraction of sp³-hybridized carbons (Fsp3) is 0.410. The summed E-state index contributed by atoms with van der Waals surface area (Å²) in [5.74, 6) is 3.84. The largest absolute Gasteiger partial charge is 0.494 e. The molecule has 7 rings (SSSR count). The maximum atomic E-state index is 13.2. The second-order valence-electron chi connectivity index (χ2n) is 22.7. The third-order valence-electron chi connectivity index (χ3n) is 15.8. The molecule has 0 spiro atoms. The van der Waals surface area contributed by atoms with E-state index in [9.17, 15) is 4.79 Å². The Hall–Kier alpha value is -8.72. The molecule has 0 fully saturated rings. The van der Waals surface area contributed by atoms with Crippen LogP contribution in [0.3, 0.4) is 0 Å². The van der Waals surface area contributed by atoms with Crippen LogP contribution in [-0.4, -0.2) is 52.2 Å². The third kappa shape index (κ3) is 25.1. The van der Waals surface area contributed by atoms with Gasteiger partial charge in [0.2, 0.25) is 5.75 Å². The molecule has 7 aromatic rings. The summed E-state index contributed by atoms with van der Waals surface area (Å²) in [6.07, 6.45) is 26.4. The van der Waals surface area contributed by atoms with Crippen molar-refractivity contribution in [2.45, 2.75) is 161 Å². The molecule has 0 saturated heterocycles. The number of carbonyl (C=O) groups is 1. The molecule has 0 N–H and O–H groups in total. The van der Waals surface area contributed by atoms with Gasteiger partial charge in [-0.1, -0.05) is 188 Å². The first kappa shape index (κ1) is 67.8. The van der Waals surface area contributed by atoms with Crippen molar-refractivity contribution in [3.05, 3.63) is 180 Å². The zero-order valence-corrected chi connectivity index (χ0v) is 52.5. The van der Waals surface area contributed by atoms with Gasteiger partial charge in [-0.05, 0) is 164 Å². The number of benzene rings is 7. The summed E-state index contributed by atoms with van der Waals surface area (Å²) in [6.45, 7) is 5.74. The van der Waals surface area contributed by atoms with Crippen LogP contribution in [-0.2, 0) is 4.74 Å². The van der Waals surface area contributed by atoms with Crippen molar-refractivity contribution in [2.75, 3.05) is 46.2 Å². The summed E-state index contributed by atoms with van der Waals surface area (Å²) < 4.78 is 43.1. The molecule has 11 heteroatoms. The van der Waals surface area contributed by atoms with E-state index in [-0.39, 0.29) is 6.61 Å². The third-order valence-corrected chi connectivity index (χ3v) is 15.8. The van der Waals surface area contributed by atoms with E-state index in [0.29, 0.717) is 79.1 Å². The molecule has 0 amide bonds. The van der Waals surface area contributed by atoms with Gasteiger partial charge in [-0.15, -0.1) is 0 Å². The summed E-state index contributed by atoms with van der Waals surface area (Å²) in [5.41, 5.74) is 8.92. The SMILES string of the molecule is CCOC(=O)c1cc(OCCCCCCCCCCOc2ccc(-c3ccc(C#N)cc3)cc2)c(OCCCCCCCCCCOc2ccc(-c3ccc(C#N)cc3)cc2)c(OCCCCCCCCCCOc2ccc(-c3ccc(C#N)cc3)cc2)c1. The van der Waals surface area contributed by atoms with Gasteiger partial charge in [0.15, 0.2) is 11.5 Å². The molecule has 89 heavy (non-hydrogen) atoms. The van der Waals surface area contributed by atoms with Gasteiger partial charge in [0.25, 0.3) is 0 Å². The predicted octanol–water partition coefficient (Wildman–Crippen LogP) is 20.2. The van der Waals surface area contributed by atoms with E-state index in [1.165, 1.54) is 57.8 Å². The van der Waals surface area contributed by atoms with Crippen LogP contribution in [0, 0.1) is 34.0 Å². The number of nitrogens with zero attached hydrogens (tertiary/aromatic N) is 3. The summed E-state index contributed by atoms with van der Waals surface area (Å²) in [6, 6.07) is 57.4. The van der Waals surface area contributed by atoms with Crippen molar-refractivity contribution >= 4 is 5.97 Å². The van der Waals surface area contributed by atoms with Crippen LogP contribution >= 0.6 is 0 Å². The van der Waals surface area contributed by atoms with Crippen LogP contribution in [0.25, 0.3) is 33.4 Å². The molecule has 466 valence electrons. The van der Waals surface area contributed by atoms with E-state index in [2.05, 4.69) is 54.6 Å². The van der Waals surface area contributed by atoms with E-state index in [0.717, 1.165) is 147 Å². The van der Waals surface area contributed by atoms with Crippen LogP contribution in [0.4, 0.5) is 0 Å². The Kier molecular flexibility index (Phi) is 31.0. The lowest BCUT2D eigenvalue weighted by Crippen LogP contribution is -2.10. The molecule has 0 aromatic heterocycles. The van der Waals surface area contributed by atoms with Gasteiger partial charge >= 0.3 is 5.97 Å². The number of esters is 1. The van der Waals surface area contributed by atoms with E-state index in [1.54, 1.807) is 12.1 Å². The molecule has 0 bridgehead atoms. The molecular weight excluding hydrogens is 1110 g/mol. The number of carbonyl (C=O) groups excluding carboxylic acids is 1. The summed E-state index contributed by atoms with van der Waals surface area (Å²) >= 11 is 0. The Morgan fingerprint density at radius 2 is 0.528 bits per heavy atom. The Morgan fingerprint density at radius 3 is 0.775 bits per heavy atom. The number of rotatable bonds is 44. The number of unbranched alkanes of at least 4 members (excludes halogenated alkanes) is 21. The Morgan fingerprint density at radius 1 is 0.303 bits per heavy atom. The second kappa shape index (κ2) is 40.7. The molecule has 0 radical (unpaired) electrons. The van der Waals surface area contributed by atoms with Gasteiger partial charge < -0.3 is 33.2 Å². The summed E-state index contributed by atoms with van der Waals surface area (Å²) in [7, 11) is 0. The van der Waals surface area contributed by atoms with Gasteiger partial charge in [0.05, 0.1) is 86.7 Å². The molecule has 0 saturated carbocycles. The first-order valence-corrected chi connectivity index (χ1v) is 32.9.